The van der Waals surface area contributed by atoms with Crippen molar-refractivity contribution in [3.63, 3.8) is 0 Å². The smallest absolute Gasteiger partial charge is 0.295 e. The second-order valence-electron chi connectivity index (χ2n) is 7.84. The number of Topliss-reactive ketones (excluding diaryl/α,β-unsaturated/α-hetero) is 1. The highest BCUT2D eigenvalue weighted by Gasteiger charge is 2.46. The molecule has 4 rings (SSSR count). The van der Waals surface area contributed by atoms with Crippen LogP contribution in [-0.2, 0) is 16.1 Å². The normalized spacial score (nSPS) is 17.4. The maximum absolute atomic E-state index is 13.6. The van der Waals surface area contributed by atoms with Crippen molar-refractivity contribution < 1.29 is 23.8 Å². The molecule has 1 unspecified atom stereocenters. The number of rotatable bonds is 7. The summed E-state index contributed by atoms with van der Waals surface area (Å²) < 4.78 is 19.3. The quantitative estimate of drug-likeness (QED) is 0.307. The molecule has 5 nitrogen and oxygen atoms in total. The molecule has 0 radical (unpaired) electrons. The van der Waals surface area contributed by atoms with E-state index in [4.69, 9.17) is 4.74 Å². The van der Waals surface area contributed by atoms with E-state index in [0.29, 0.717) is 23.5 Å². The van der Waals surface area contributed by atoms with Gasteiger partial charge in [-0.2, -0.15) is 0 Å². The third-order valence-corrected chi connectivity index (χ3v) is 5.50. The number of aliphatic hydroxyl groups excluding tert-OH is 1. The van der Waals surface area contributed by atoms with Crippen molar-refractivity contribution in [2.24, 2.45) is 0 Å². The number of likely N-dealkylation sites (tertiary alicyclic amines) is 1. The Balaban J connectivity index is 1.81. The number of hydrogen-bond acceptors (Lipinski definition) is 4. The van der Waals surface area contributed by atoms with Gasteiger partial charge in [-0.05, 0) is 41.8 Å². The largest absolute Gasteiger partial charge is 0.507 e. The Hall–Kier alpha value is -3.93. The van der Waals surface area contributed by atoms with Crippen LogP contribution in [-0.4, -0.2) is 28.3 Å². The number of ether oxygens (including phenoxy) is 1. The van der Waals surface area contributed by atoms with Crippen LogP contribution in [0.2, 0.25) is 0 Å². The fraction of sp³-hybridized carbons (Fsp3) is 0.185. The van der Waals surface area contributed by atoms with Crippen molar-refractivity contribution in [1.82, 2.24) is 4.90 Å². The molecule has 168 valence electrons. The first-order valence-corrected chi connectivity index (χ1v) is 10.8. The van der Waals surface area contributed by atoms with E-state index in [2.05, 4.69) is 0 Å². The van der Waals surface area contributed by atoms with E-state index in [1.54, 1.807) is 24.3 Å². The van der Waals surface area contributed by atoms with Crippen LogP contribution in [0, 0.1) is 5.82 Å². The molecule has 33 heavy (non-hydrogen) atoms. The molecule has 1 heterocycles. The number of nitrogens with zero attached hydrogens (tertiary/aromatic N) is 1. The first kappa shape index (κ1) is 22.3. The number of aliphatic hydroxyl groups is 1. The van der Waals surface area contributed by atoms with Gasteiger partial charge in [0.1, 0.15) is 17.3 Å². The molecule has 1 aliphatic rings. The third-order valence-electron chi connectivity index (χ3n) is 5.50. The molecule has 3 aromatic rings. The van der Waals surface area contributed by atoms with Gasteiger partial charge in [-0.1, -0.05) is 61.5 Å². The van der Waals surface area contributed by atoms with Crippen molar-refractivity contribution in [2.75, 3.05) is 6.61 Å². The van der Waals surface area contributed by atoms with Crippen LogP contribution < -0.4 is 4.74 Å². The molecule has 0 aromatic heterocycles. The summed E-state index contributed by atoms with van der Waals surface area (Å²) in [6.45, 7) is 2.67. The summed E-state index contributed by atoms with van der Waals surface area (Å²) in [6.07, 6.45) is 0.825. The van der Waals surface area contributed by atoms with Gasteiger partial charge in [-0.3, -0.25) is 9.59 Å². The Morgan fingerprint density at radius 3 is 2.42 bits per heavy atom. The van der Waals surface area contributed by atoms with Crippen LogP contribution in [0.15, 0.2) is 84.4 Å². The molecular weight excluding hydrogens is 421 g/mol. The van der Waals surface area contributed by atoms with Gasteiger partial charge in [0.25, 0.3) is 11.7 Å². The SMILES string of the molecule is CCCOc1cccc(/C(O)=C2\C(=O)C(=O)N(Cc3ccccc3)C2c2ccc(F)cc2)c1. The van der Waals surface area contributed by atoms with Crippen molar-refractivity contribution in [1.29, 1.82) is 0 Å². The zero-order chi connectivity index (χ0) is 23.4. The Kier molecular flexibility index (Phi) is 6.54. The molecular formula is C27H24FNO4. The molecule has 1 saturated heterocycles. The van der Waals surface area contributed by atoms with E-state index in [9.17, 15) is 19.1 Å². The second kappa shape index (κ2) is 9.69. The molecule has 0 aliphatic carbocycles. The maximum Gasteiger partial charge on any atom is 0.295 e. The lowest BCUT2D eigenvalue weighted by Crippen LogP contribution is -2.29. The Bertz CT molecular complexity index is 1190. The van der Waals surface area contributed by atoms with Gasteiger partial charge >= 0.3 is 0 Å². The lowest BCUT2D eigenvalue weighted by molar-refractivity contribution is -0.140. The second-order valence-corrected chi connectivity index (χ2v) is 7.84. The van der Waals surface area contributed by atoms with Gasteiger partial charge in [0, 0.05) is 12.1 Å². The number of hydrogen-bond donors (Lipinski definition) is 1. The van der Waals surface area contributed by atoms with Gasteiger partial charge in [0.05, 0.1) is 18.2 Å². The highest BCUT2D eigenvalue weighted by molar-refractivity contribution is 6.46. The molecule has 1 atom stereocenters. The topological polar surface area (TPSA) is 66.8 Å². The zero-order valence-corrected chi connectivity index (χ0v) is 18.2. The molecule has 0 spiro atoms. The number of carbonyl (C=O) groups excluding carboxylic acids is 2. The number of carbonyl (C=O) groups is 2. The summed E-state index contributed by atoms with van der Waals surface area (Å²) in [5.41, 5.74) is 1.71. The van der Waals surface area contributed by atoms with Gasteiger partial charge in [-0.15, -0.1) is 0 Å². The summed E-state index contributed by atoms with van der Waals surface area (Å²) in [5.74, 6) is -1.66. The van der Waals surface area contributed by atoms with Crippen LogP contribution in [0.25, 0.3) is 5.76 Å². The van der Waals surface area contributed by atoms with Crippen molar-refractivity contribution in [2.45, 2.75) is 25.9 Å². The van der Waals surface area contributed by atoms with Gasteiger partial charge < -0.3 is 14.7 Å². The molecule has 0 saturated carbocycles. The van der Waals surface area contributed by atoms with E-state index >= 15 is 0 Å². The molecule has 0 bridgehead atoms. The number of benzene rings is 3. The van der Waals surface area contributed by atoms with Gasteiger partial charge in [0.15, 0.2) is 0 Å². The molecule has 1 aliphatic heterocycles. The van der Waals surface area contributed by atoms with Crippen molar-refractivity contribution in [3.8, 4) is 5.75 Å². The highest BCUT2D eigenvalue weighted by atomic mass is 19.1. The average molecular weight is 445 g/mol. The lowest BCUT2D eigenvalue weighted by Gasteiger charge is -2.25. The number of amides is 1. The van der Waals surface area contributed by atoms with Crippen LogP contribution in [0.4, 0.5) is 4.39 Å². The van der Waals surface area contributed by atoms with Crippen LogP contribution >= 0.6 is 0 Å². The standard InChI is InChI=1S/C27H24FNO4/c1-2-15-33-22-10-6-9-20(16-22)25(30)23-24(19-11-13-21(28)14-12-19)29(27(32)26(23)31)17-18-7-4-3-5-8-18/h3-14,16,24,30H,2,15,17H2,1H3/b25-23+. The summed E-state index contributed by atoms with van der Waals surface area (Å²) in [7, 11) is 0. The van der Waals surface area contributed by atoms with Crippen LogP contribution in [0.3, 0.4) is 0 Å². The minimum atomic E-state index is -0.856. The zero-order valence-electron chi connectivity index (χ0n) is 18.2. The predicted octanol–water partition coefficient (Wildman–Crippen LogP) is 5.24. The Morgan fingerprint density at radius 2 is 1.73 bits per heavy atom. The minimum Gasteiger partial charge on any atom is -0.507 e. The van der Waals surface area contributed by atoms with Gasteiger partial charge in [0.2, 0.25) is 0 Å². The molecule has 1 fully saturated rings. The van der Waals surface area contributed by atoms with E-state index in [1.165, 1.54) is 29.2 Å². The first-order chi connectivity index (χ1) is 16.0. The summed E-state index contributed by atoms with van der Waals surface area (Å²) >= 11 is 0. The molecule has 1 amide bonds. The van der Waals surface area contributed by atoms with Crippen LogP contribution in [0.5, 0.6) is 5.75 Å². The Morgan fingerprint density at radius 1 is 1.00 bits per heavy atom. The summed E-state index contributed by atoms with van der Waals surface area (Å²) in [4.78, 5) is 27.6. The number of halogens is 1. The fourth-order valence-corrected chi connectivity index (χ4v) is 3.92. The lowest BCUT2D eigenvalue weighted by atomic mass is 9.95. The third kappa shape index (κ3) is 4.65. The van der Waals surface area contributed by atoms with Gasteiger partial charge in [-0.25, -0.2) is 4.39 Å². The molecule has 3 aromatic carbocycles. The minimum absolute atomic E-state index is 0.0322. The number of ketones is 1. The Labute approximate surface area is 191 Å². The monoisotopic (exact) mass is 445 g/mol. The van der Waals surface area contributed by atoms with E-state index in [-0.39, 0.29) is 17.9 Å². The van der Waals surface area contributed by atoms with Crippen molar-refractivity contribution >= 4 is 17.4 Å². The molecule has 1 N–H and O–H groups in total. The van der Waals surface area contributed by atoms with Crippen LogP contribution in [0.1, 0.15) is 36.1 Å². The average Bonchev–Trinajstić information content (AvgIpc) is 3.08. The van der Waals surface area contributed by atoms with E-state index in [0.717, 1.165) is 12.0 Å². The van der Waals surface area contributed by atoms with Crippen molar-refractivity contribution in [3.05, 3.63) is 107 Å². The summed E-state index contributed by atoms with van der Waals surface area (Å²) in [5, 5.41) is 11.2. The van der Waals surface area contributed by atoms with E-state index in [1.807, 2.05) is 37.3 Å². The predicted molar refractivity (Wildman–Crippen MR) is 123 cm³/mol. The first-order valence-electron chi connectivity index (χ1n) is 10.8. The van der Waals surface area contributed by atoms with E-state index < -0.39 is 23.5 Å². The fourth-order valence-electron chi connectivity index (χ4n) is 3.92. The molecule has 6 heteroatoms. The highest BCUT2D eigenvalue weighted by Crippen LogP contribution is 2.40. The summed E-state index contributed by atoms with van der Waals surface area (Å²) in [6, 6.07) is 20.8. The maximum atomic E-state index is 13.6.